The molecule has 0 aliphatic rings. The molecular weight excluding hydrogens is 199 g/mol. The van der Waals surface area contributed by atoms with Gasteiger partial charge < -0.3 is 15.2 Å². The molecule has 0 saturated heterocycles. The molecule has 4 nitrogen and oxygen atoms in total. The van der Waals surface area contributed by atoms with Gasteiger partial charge in [-0.3, -0.25) is 0 Å². The fourth-order valence-electron chi connectivity index (χ4n) is 1.12. The molecule has 0 aromatic carbocycles. The summed E-state index contributed by atoms with van der Waals surface area (Å²) in [5.74, 6) is -0.00491. The van der Waals surface area contributed by atoms with Gasteiger partial charge >= 0.3 is 0 Å². The second-order valence-electron chi connectivity index (χ2n) is 3.02. The standard InChI is InChI=1S/C10H15FN2O2/c1-14-3-2-4-15-10-8(6-12)5-9(11)7-13-10/h5,7H,2-4,6,12H2,1H3. The van der Waals surface area contributed by atoms with Crippen molar-refractivity contribution in [3.05, 3.63) is 23.6 Å². The van der Waals surface area contributed by atoms with Crippen molar-refractivity contribution in [2.45, 2.75) is 13.0 Å². The average Bonchev–Trinajstić information content (AvgIpc) is 2.26. The van der Waals surface area contributed by atoms with E-state index in [0.29, 0.717) is 24.7 Å². The zero-order valence-electron chi connectivity index (χ0n) is 8.70. The molecule has 0 amide bonds. The number of hydrogen-bond acceptors (Lipinski definition) is 4. The van der Waals surface area contributed by atoms with Gasteiger partial charge in [0.05, 0.1) is 12.8 Å². The van der Waals surface area contributed by atoms with Crippen molar-refractivity contribution >= 4 is 0 Å². The Morgan fingerprint density at radius 3 is 2.93 bits per heavy atom. The van der Waals surface area contributed by atoms with E-state index in [9.17, 15) is 4.39 Å². The minimum Gasteiger partial charge on any atom is -0.477 e. The monoisotopic (exact) mass is 214 g/mol. The number of aromatic nitrogens is 1. The number of rotatable bonds is 6. The van der Waals surface area contributed by atoms with Gasteiger partial charge in [0, 0.05) is 32.2 Å². The van der Waals surface area contributed by atoms with E-state index in [4.69, 9.17) is 15.2 Å². The molecule has 0 radical (unpaired) electrons. The van der Waals surface area contributed by atoms with Crippen molar-refractivity contribution in [1.82, 2.24) is 4.98 Å². The topological polar surface area (TPSA) is 57.4 Å². The van der Waals surface area contributed by atoms with E-state index < -0.39 is 5.82 Å². The summed E-state index contributed by atoms with van der Waals surface area (Å²) in [7, 11) is 1.63. The van der Waals surface area contributed by atoms with E-state index in [1.54, 1.807) is 7.11 Å². The smallest absolute Gasteiger partial charge is 0.218 e. The first-order valence-corrected chi connectivity index (χ1v) is 4.74. The second kappa shape index (κ2) is 6.31. The highest BCUT2D eigenvalue weighted by atomic mass is 19.1. The Hall–Kier alpha value is -1.20. The lowest BCUT2D eigenvalue weighted by molar-refractivity contribution is 0.170. The average molecular weight is 214 g/mol. The molecule has 84 valence electrons. The minimum absolute atomic E-state index is 0.213. The highest BCUT2D eigenvalue weighted by molar-refractivity contribution is 5.25. The first kappa shape index (κ1) is 11.9. The van der Waals surface area contributed by atoms with Crippen LogP contribution in [0, 0.1) is 5.82 Å². The lowest BCUT2D eigenvalue weighted by Gasteiger charge is -2.08. The van der Waals surface area contributed by atoms with Crippen LogP contribution < -0.4 is 10.5 Å². The van der Waals surface area contributed by atoms with Crippen molar-refractivity contribution in [2.75, 3.05) is 20.3 Å². The van der Waals surface area contributed by atoms with Gasteiger partial charge in [0.25, 0.3) is 0 Å². The van der Waals surface area contributed by atoms with Crippen LogP contribution in [0.2, 0.25) is 0 Å². The summed E-state index contributed by atoms with van der Waals surface area (Å²) in [4.78, 5) is 3.83. The van der Waals surface area contributed by atoms with Crippen LogP contribution in [0.25, 0.3) is 0 Å². The summed E-state index contributed by atoms with van der Waals surface area (Å²) in [6.45, 7) is 1.32. The summed E-state index contributed by atoms with van der Waals surface area (Å²) in [5, 5.41) is 0. The molecule has 0 saturated carbocycles. The van der Waals surface area contributed by atoms with E-state index >= 15 is 0 Å². The number of hydrogen-bond donors (Lipinski definition) is 1. The quantitative estimate of drug-likeness (QED) is 0.720. The Kier molecular flexibility index (Phi) is 5.00. The SMILES string of the molecule is COCCCOc1ncc(F)cc1CN. The number of nitrogens with two attached hydrogens (primary N) is 1. The number of ether oxygens (including phenoxy) is 2. The maximum Gasteiger partial charge on any atom is 0.218 e. The molecule has 1 aromatic rings. The van der Waals surface area contributed by atoms with Crippen LogP contribution >= 0.6 is 0 Å². The molecule has 0 bridgehead atoms. The predicted octanol–water partition coefficient (Wildman–Crippen LogP) is 1.09. The number of methoxy groups -OCH3 is 1. The minimum atomic E-state index is -0.403. The van der Waals surface area contributed by atoms with Crippen LogP contribution in [0.4, 0.5) is 4.39 Å². The highest BCUT2D eigenvalue weighted by Crippen LogP contribution is 2.15. The van der Waals surface area contributed by atoms with Gasteiger partial charge in [-0.2, -0.15) is 0 Å². The largest absolute Gasteiger partial charge is 0.477 e. The Bertz CT molecular complexity index is 307. The summed E-state index contributed by atoms with van der Waals surface area (Å²) in [6, 6.07) is 1.33. The zero-order chi connectivity index (χ0) is 11.1. The van der Waals surface area contributed by atoms with Gasteiger partial charge in [-0.25, -0.2) is 9.37 Å². The van der Waals surface area contributed by atoms with Crippen LogP contribution in [0.1, 0.15) is 12.0 Å². The van der Waals surface area contributed by atoms with Crippen LogP contribution in [0.15, 0.2) is 12.3 Å². The first-order chi connectivity index (χ1) is 7.27. The molecule has 0 aliphatic carbocycles. The van der Waals surface area contributed by atoms with Gasteiger partial charge in [0.1, 0.15) is 5.82 Å². The number of nitrogens with zero attached hydrogens (tertiary/aromatic N) is 1. The van der Waals surface area contributed by atoms with Crippen molar-refractivity contribution < 1.29 is 13.9 Å². The number of pyridine rings is 1. The maximum absolute atomic E-state index is 12.8. The molecule has 0 atom stereocenters. The Morgan fingerprint density at radius 1 is 1.47 bits per heavy atom. The fraction of sp³-hybridized carbons (Fsp3) is 0.500. The van der Waals surface area contributed by atoms with Gasteiger partial charge in [-0.1, -0.05) is 0 Å². The molecule has 1 heterocycles. The molecule has 15 heavy (non-hydrogen) atoms. The molecule has 2 N–H and O–H groups in total. The van der Waals surface area contributed by atoms with Crippen LogP contribution in [0.5, 0.6) is 5.88 Å². The van der Waals surface area contributed by atoms with Crippen molar-refractivity contribution in [2.24, 2.45) is 5.73 Å². The van der Waals surface area contributed by atoms with Gasteiger partial charge in [0.15, 0.2) is 0 Å². The molecule has 0 spiro atoms. The van der Waals surface area contributed by atoms with Crippen molar-refractivity contribution in [1.29, 1.82) is 0 Å². The third kappa shape index (κ3) is 3.81. The molecule has 1 aromatic heterocycles. The van der Waals surface area contributed by atoms with Crippen molar-refractivity contribution in [3.8, 4) is 5.88 Å². The molecule has 5 heteroatoms. The molecule has 1 rings (SSSR count). The third-order valence-corrected chi connectivity index (χ3v) is 1.84. The van der Waals surface area contributed by atoms with Crippen LogP contribution in [0.3, 0.4) is 0 Å². The second-order valence-corrected chi connectivity index (χ2v) is 3.02. The zero-order valence-corrected chi connectivity index (χ0v) is 8.70. The highest BCUT2D eigenvalue weighted by Gasteiger charge is 2.05. The fourth-order valence-corrected chi connectivity index (χ4v) is 1.12. The van der Waals surface area contributed by atoms with E-state index in [1.807, 2.05) is 0 Å². The van der Waals surface area contributed by atoms with E-state index in [0.717, 1.165) is 12.6 Å². The summed E-state index contributed by atoms with van der Waals surface area (Å²) in [6.07, 6.45) is 1.88. The van der Waals surface area contributed by atoms with E-state index in [-0.39, 0.29) is 6.54 Å². The predicted molar refractivity (Wildman–Crippen MR) is 54.1 cm³/mol. The maximum atomic E-state index is 12.8. The van der Waals surface area contributed by atoms with Gasteiger partial charge in [0.2, 0.25) is 5.88 Å². The van der Waals surface area contributed by atoms with E-state index in [1.165, 1.54) is 6.07 Å². The summed E-state index contributed by atoms with van der Waals surface area (Å²) in [5.41, 5.74) is 6.01. The first-order valence-electron chi connectivity index (χ1n) is 4.74. The van der Waals surface area contributed by atoms with Gasteiger partial charge in [-0.15, -0.1) is 0 Å². The van der Waals surface area contributed by atoms with E-state index in [2.05, 4.69) is 4.98 Å². The Balaban J connectivity index is 2.52. The molecule has 0 fully saturated rings. The molecular formula is C10H15FN2O2. The van der Waals surface area contributed by atoms with Crippen LogP contribution in [-0.4, -0.2) is 25.3 Å². The lowest BCUT2D eigenvalue weighted by atomic mass is 10.2. The third-order valence-electron chi connectivity index (χ3n) is 1.84. The number of halogens is 1. The summed E-state index contributed by atoms with van der Waals surface area (Å²) < 4.78 is 23.0. The van der Waals surface area contributed by atoms with Crippen LogP contribution in [-0.2, 0) is 11.3 Å². The lowest BCUT2D eigenvalue weighted by Crippen LogP contribution is -2.07. The van der Waals surface area contributed by atoms with Gasteiger partial charge in [-0.05, 0) is 6.07 Å². The molecule has 0 aliphatic heterocycles. The van der Waals surface area contributed by atoms with Crippen molar-refractivity contribution in [3.63, 3.8) is 0 Å². The normalized spacial score (nSPS) is 10.3. The Labute approximate surface area is 88.2 Å². The Morgan fingerprint density at radius 2 is 2.27 bits per heavy atom. The molecule has 0 unspecified atom stereocenters. The summed E-state index contributed by atoms with van der Waals surface area (Å²) >= 11 is 0.